The van der Waals surface area contributed by atoms with Crippen LogP contribution >= 0.6 is 0 Å². The van der Waals surface area contributed by atoms with Gasteiger partial charge < -0.3 is 19.6 Å². The van der Waals surface area contributed by atoms with Crippen LogP contribution in [0.5, 0.6) is 5.75 Å². The van der Waals surface area contributed by atoms with E-state index in [4.69, 9.17) is 4.74 Å². The van der Waals surface area contributed by atoms with Crippen LogP contribution in [0.1, 0.15) is 42.1 Å². The number of carbonyl (C=O) groups is 2. The van der Waals surface area contributed by atoms with Crippen molar-refractivity contribution in [3.8, 4) is 5.75 Å². The van der Waals surface area contributed by atoms with Gasteiger partial charge >= 0.3 is 0 Å². The highest BCUT2D eigenvalue weighted by Gasteiger charge is 2.45. The number of ketones is 1. The van der Waals surface area contributed by atoms with E-state index in [1.807, 2.05) is 55.5 Å². The molecule has 3 aromatic carbocycles. The minimum atomic E-state index is -0.661. The molecule has 1 heterocycles. The molecule has 1 N–H and O–H groups in total. The number of likely N-dealkylation sites (tertiary alicyclic amines) is 1. The first-order chi connectivity index (χ1) is 17.9. The summed E-state index contributed by atoms with van der Waals surface area (Å²) in [5, 5.41) is 11.3. The number of aliphatic hydroxyl groups is 1. The van der Waals surface area contributed by atoms with Gasteiger partial charge in [0.05, 0.1) is 11.6 Å². The second kappa shape index (κ2) is 11.9. The topological polar surface area (TPSA) is 70.1 Å². The van der Waals surface area contributed by atoms with Crippen molar-refractivity contribution in [2.75, 3.05) is 26.2 Å². The summed E-state index contributed by atoms with van der Waals surface area (Å²) >= 11 is 0. The molecule has 192 valence electrons. The van der Waals surface area contributed by atoms with E-state index in [0.29, 0.717) is 31.0 Å². The molecular weight excluding hydrogens is 464 g/mol. The lowest BCUT2D eigenvalue weighted by atomic mass is 9.95. The predicted octanol–water partition coefficient (Wildman–Crippen LogP) is 5.34. The number of aliphatic hydroxyl groups excluding tert-OH is 1. The zero-order chi connectivity index (χ0) is 26.4. The Balaban J connectivity index is 1.61. The van der Waals surface area contributed by atoms with Crippen LogP contribution in [0.15, 0.2) is 84.4 Å². The first kappa shape index (κ1) is 26.2. The van der Waals surface area contributed by atoms with Gasteiger partial charge in [-0.3, -0.25) is 9.59 Å². The minimum Gasteiger partial charge on any atom is -0.507 e. The number of benzene rings is 3. The smallest absolute Gasteiger partial charge is 0.295 e. The van der Waals surface area contributed by atoms with E-state index in [1.165, 1.54) is 5.56 Å². The van der Waals surface area contributed by atoms with Crippen LogP contribution in [-0.2, 0) is 16.2 Å². The predicted molar refractivity (Wildman–Crippen MR) is 145 cm³/mol. The van der Waals surface area contributed by atoms with Crippen molar-refractivity contribution >= 4 is 17.4 Å². The first-order valence-electron chi connectivity index (χ1n) is 12.8. The molecule has 0 spiro atoms. The van der Waals surface area contributed by atoms with Gasteiger partial charge in [-0.25, -0.2) is 0 Å². The molecule has 1 saturated heterocycles. The largest absolute Gasteiger partial charge is 0.507 e. The van der Waals surface area contributed by atoms with Gasteiger partial charge in [-0.1, -0.05) is 74.0 Å². The fourth-order valence-electron chi connectivity index (χ4n) is 4.71. The highest BCUT2D eigenvalue weighted by molar-refractivity contribution is 6.46. The van der Waals surface area contributed by atoms with Crippen LogP contribution < -0.4 is 4.74 Å². The maximum Gasteiger partial charge on any atom is 0.295 e. The molecule has 0 saturated carbocycles. The van der Waals surface area contributed by atoms with Crippen LogP contribution in [-0.4, -0.2) is 52.8 Å². The van der Waals surface area contributed by atoms with Crippen molar-refractivity contribution in [1.29, 1.82) is 0 Å². The quantitative estimate of drug-likeness (QED) is 0.232. The second-order valence-corrected chi connectivity index (χ2v) is 9.23. The molecule has 6 heteroatoms. The normalized spacial score (nSPS) is 17.0. The maximum atomic E-state index is 13.2. The number of likely N-dealkylation sites (N-methyl/N-ethyl adjacent to an activating group) is 1. The Morgan fingerprint density at radius 1 is 0.946 bits per heavy atom. The van der Waals surface area contributed by atoms with Gasteiger partial charge in [-0.05, 0) is 55.4 Å². The molecule has 1 amide bonds. The van der Waals surface area contributed by atoms with E-state index in [-0.39, 0.29) is 11.3 Å². The molecule has 1 fully saturated rings. The zero-order valence-electron chi connectivity index (χ0n) is 21.7. The molecule has 3 aromatic rings. The third-order valence-electron chi connectivity index (χ3n) is 6.82. The zero-order valence-corrected chi connectivity index (χ0v) is 21.7. The highest BCUT2D eigenvalue weighted by atomic mass is 16.5. The fraction of sp³-hybridized carbons (Fsp3) is 0.290. The average Bonchev–Trinajstić information content (AvgIpc) is 3.18. The Bertz CT molecular complexity index is 1260. The van der Waals surface area contributed by atoms with Crippen molar-refractivity contribution in [3.05, 3.63) is 107 Å². The summed E-state index contributed by atoms with van der Waals surface area (Å²) < 4.78 is 5.90. The number of Topliss-reactive ketones (excluding diaryl/α,β-unsaturated/α-hetero) is 1. The highest BCUT2D eigenvalue weighted by Crippen LogP contribution is 2.39. The SMILES string of the molecule is CCN(CC)CCN1C(=O)C(=O)/C(=C(/O)c2ccc(OCc3cccc(C)c3)cc2)C1c1ccccc1. The van der Waals surface area contributed by atoms with Crippen molar-refractivity contribution in [2.24, 2.45) is 0 Å². The Hall–Kier alpha value is -3.90. The molecule has 0 aliphatic carbocycles. The van der Waals surface area contributed by atoms with E-state index >= 15 is 0 Å². The number of carbonyl (C=O) groups excluding carboxylic acids is 2. The van der Waals surface area contributed by atoms with Crippen molar-refractivity contribution in [1.82, 2.24) is 9.80 Å². The lowest BCUT2D eigenvalue weighted by Crippen LogP contribution is -2.38. The molecule has 0 radical (unpaired) electrons. The molecule has 4 rings (SSSR count). The van der Waals surface area contributed by atoms with E-state index in [0.717, 1.165) is 24.2 Å². The number of nitrogens with zero attached hydrogens (tertiary/aromatic N) is 2. The number of aryl methyl sites for hydroxylation is 1. The third-order valence-corrected chi connectivity index (χ3v) is 6.82. The van der Waals surface area contributed by atoms with E-state index in [2.05, 4.69) is 24.8 Å². The molecular formula is C31H34N2O4. The summed E-state index contributed by atoms with van der Waals surface area (Å²) in [4.78, 5) is 30.1. The van der Waals surface area contributed by atoms with Crippen molar-refractivity contribution in [2.45, 2.75) is 33.4 Å². The Labute approximate surface area is 218 Å². The van der Waals surface area contributed by atoms with E-state index in [1.54, 1.807) is 29.2 Å². The van der Waals surface area contributed by atoms with Gasteiger partial charge in [-0.2, -0.15) is 0 Å². The van der Waals surface area contributed by atoms with Crippen LogP contribution in [0, 0.1) is 6.92 Å². The number of ether oxygens (including phenoxy) is 1. The molecule has 0 bridgehead atoms. The number of hydrogen-bond acceptors (Lipinski definition) is 5. The van der Waals surface area contributed by atoms with E-state index in [9.17, 15) is 14.7 Å². The minimum absolute atomic E-state index is 0.115. The number of hydrogen-bond donors (Lipinski definition) is 1. The van der Waals surface area contributed by atoms with Crippen LogP contribution in [0.3, 0.4) is 0 Å². The Morgan fingerprint density at radius 2 is 1.65 bits per heavy atom. The van der Waals surface area contributed by atoms with Gasteiger partial charge in [0.2, 0.25) is 0 Å². The van der Waals surface area contributed by atoms with Crippen LogP contribution in [0.4, 0.5) is 0 Å². The molecule has 37 heavy (non-hydrogen) atoms. The van der Waals surface area contributed by atoms with Crippen molar-refractivity contribution in [3.63, 3.8) is 0 Å². The van der Waals surface area contributed by atoms with Gasteiger partial charge in [-0.15, -0.1) is 0 Å². The standard InChI is InChI=1S/C31H34N2O4/c1-4-32(5-2)18-19-33-28(24-12-7-6-8-13-24)27(30(35)31(33)36)29(34)25-14-16-26(17-15-25)37-21-23-11-9-10-22(3)20-23/h6-17,20,28,34H,4-5,18-19,21H2,1-3H3/b29-27+. The molecule has 6 nitrogen and oxygen atoms in total. The summed E-state index contributed by atoms with van der Waals surface area (Å²) in [7, 11) is 0. The van der Waals surface area contributed by atoms with Gasteiger partial charge in [0.25, 0.3) is 11.7 Å². The molecule has 0 aromatic heterocycles. The average molecular weight is 499 g/mol. The summed E-state index contributed by atoms with van der Waals surface area (Å²) in [5.74, 6) is -0.772. The second-order valence-electron chi connectivity index (χ2n) is 9.23. The Kier molecular flexibility index (Phi) is 8.41. The maximum absolute atomic E-state index is 13.2. The summed E-state index contributed by atoms with van der Waals surface area (Å²) in [6.07, 6.45) is 0. The van der Waals surface area contributed by atoms with E-state index < -0.39 is 17.7 Å². The lowest BCUT2D eigenvalue weighted by molar-refractivity contribution is -0.140. The monoisotopic (exact) mass is 498 g/mol. The number of rotatable bonds is 10. The summed E-state index contributed by atoms with van der Waals surface area (Å²) in [6.45, 7) is 9.37. The van der Waals surface area contributed by atoms with Gasteiger partial charge in [0.15, 0.2) is 0 Å². The van der Waals surface area contributed by atoms with Crippen LogP contribution in [0.25, 0.3) is 5.76 Å². The van der Waals surface area contributed by atoms with Crippen LogP contribution in [0.2, 0.25) is 0 Å². The molecule has 1 aliphatic rings. The van der Waals surface area contributed by atoms with Gasteiger partial charge in [0.1, 0.15) is 18.1 Å². The summed E-state index contributed by atoms with van der Waals surface area (Å²) in [5.41, 5.74) is 3.61. The fourth-order valence-corrected chi connectivity index (χ4v) is 4.71. The van der Waals surface area contributed by atoms with Gasteiger partial charge in [0, 0.05) is 18.7 Å². The third kappa shape index (κ3) is 5.92. The molecule has 1 atom stereocenters. The van der Waals surface area contributed by atoms with Crippen molar-refractivity contribution < 1.29 is 19.4 Å². The molecule has 1 aliphatic heterocycles. The lowest BCUT2D eigenvalue weighted by Gasteiger charge is -2.28. The number of amides is 1. The first-order valence-corrected chi connectivity index (χ1v) is 12.8. The molecule has 1 unspecified atom stereocenters. The Morgan fingerprint density at radius 3 is 2.30 bits per heavy atom. The summed E-state index contributed by atoms with van der Waals surface area (Å²) in [6, 6.07) is 23.8.